The van der Waals surface area contributed by atoms with Crippen molar-refractivity contribution in [2.24, 2.45) is 5.73 Å². The van der Waals surface area contributed by atoms with Gasteiger partial charge < -0.3 is 11.1 Å². The summed E-state index contributed by atoms with van der Waals surface area (Å²) in [5.74, 6) is -2.82. The largest absolute Gasteiger partial charge is 0.325 e. The number of nitrogens with one attached hydrogen (secondary N) is 1. The highest BCUT2D eigenvalue weighted by molar-refractivity contribution is 7.09. The first-order chi connectivity index (χ1) is 6.55. The van der Waals surface area contributed by atoms with Gasteiger partial charge in [-0.3, -0.25) is 0 Å². The Morgan fingerprint density at radius 1 is 1.64 bits per heavy atom. The normalized spacial score (nSPS) is 12.0. The summed E-state index contributed by atoms with van der Waals surface area (Å²) in [7, 11) is 0. The van der Waals surface area contributed by atoms with Crippen LogP contribution in [-0.2, 0) is 6.54 Å². The van der Waals surface area contributed by atoms with Crippen molar-refractivity contribution in [3.8, 4) is 0 Å². The fraction of sp³-hybridized carbons (Fsp3) is 0.625. The van der Waals surface area contributed by atoms with Crippen LogP contribution in [0.3, 0.4) is 0 Å². The van der Waals surface area contributed by atoms with Gasteiger partial charge in [-0.2, -0.15) is 0 Å². The molecule has 0 saturated carbocycles. The first-order valence-corrected chi connectivity index (χ1v) is 5.11. The molecule has 1 aromatic rings. The molecule has 0 atom stereocenters. The summed E-state index contributed by atoms with van der Waals surface area (Å²) in [6, 6.07) is 0. The number of nitrogens with zero attached hydrogens (tertiary/aromatic N) is 1. The molecule has 0 aliphatic rings. The summed E-state index contributed by atoms with van der Waals surface area (Å²) < 4.78 is 25.4. The van der Waals surface area contributed by atoms with E-state index in [4.69, 9.17) is 5.73 Å². The molecule has 0 aliphatic carbocycles. The van der Waals surface area contributed by atoms with Crippen LogP contribution in [-0.4, -0.2) is 24.0 Å². The summed E-state index contributed by atoms with van der Waals surface area (Å²) in [6.45, 7) is 1.27. The molecule has 1 heterocycles. The molecule has 14 heavy (non-hydrogen) atoms. The number of rotatable bonds is 5. The Morgan fingerprint density at radius 2 is 2.36 bits per heavy atom. The fourth-order valence-electron chi connectivity index (χ4n) is 0.927. The molecule has 0 aromatic carbocycles. The quantitative estimate of drug-likeness (QED) is 0.783. The van der Waals surface area contributed by atoms with Gasteiger partial charge in [0.2, 0.25) is 0 Å². The Morgan fingerprint density at radius 3 is 2.86 bits per heavy atom. The Kier molecular flexibility index (Phi) is 3.91. The van der Waals surface area contributed by atoms with Gasteiger partial charge in [0.25, 0.3) is 5.92 Å². The average molecular weight is 221 g/mol. The van der Waals surface area contributed by atoms with Crippen LogP contribution in [0.4, 0.5) is 8.78 Å². The van der Waals surface area contributed by atoms with Crippen LogP contribution >= 0.6 is 11.3 Å². The number of nitrogens with two attached hydrogens (primary N) is 1. The number of thiazole rings is 1. The monoisotopic (exact) mass is 221 g/mol. The lowest BCUT2D eigenvalue weighted by Gasteiger charge is -2.13. The molecule has 3 nitrogen and oxygen atoms in total. The van der Waals surface area contributed by atoms with E-state index in [1.165, 1.54) is 11.3 Å². The van der Waals surface area contributed by atoms with Gasteiger partial charge in [-0.1, -0.05) is 0 Å². The minimum atomic E-state index is -2.82. The zero-order valence-corrected chi connectivity index (χ0v) is 8.70. The maximum atomic E-state index is 12.7. The van der Waals surface area contributed by atoms with E-state index in [1.54, 1.807) is 5.51 Å². The topological polar surface area (TPSA) is 50.9 Å². The van der Waals surface area contributed by atoms with Crippen molar-refractivity contribution < 1.29 is 8.78 Å². The molecule has 80 valence electrons. The maximum absolute atomic E-state index is 12.7. The highest BCUT2D eigenvalue weighted by atomic mass is 32.1. The minimum absolute atomic E-state index is 0.388. The number of hydrogen-bond donors (Lipinski definition) is 2. The van der Waals surface area contributed by atoms with Crippen LogP contribution < -0.4 is 11.1 Å². The van der Waals surface area contributed by atoms with E-state index in [2.05, 4.69) is 10.3 Å². The molecular formula is C8H13F2N3S. The third-order valence-corrected chi connectivity index (χ3v) is 2.75. The summed E-state index contributed by atoms with van der Waals surface area (Å²) in [4.78, 5) is 5.00. The van der Waals surface area contributed by atoms with Gasteiger partial charge >= 0.3 is 0 Å². The Balaban J connectivity index is 2.32. The van der Waals surface area contributed by atoms with Crippen molar-refractivity contribution in [1.82, 2.24) is 10.3 Å². The lowest BCUT2D eigenvalue weighted by atomic mass is 10.3. The Bertz CT molecular complexity index is 288. The Hall–Kier alpha value is -0.590. The molecule has 3 N–H and O–H groups in total. The van der Waals surface area contributed by atoms with E-state index in [0.29, 0.717) is 6.54 Å². The molecule has 0 amide bonds. The van der Waals surface area contributed by atoms with Gasteiger partial charge in [-0.25, -0.2) is 13.8 Å². The van der Waals surface area contributed by atoms with Crippen LogP contribution in [0.1, 0.15) is 10.6 Å². The van der Waals surface area contributed by atoms with Crippen LogP contribution in [0.5, 0.6) is 0 Å². The predicted octanol–water partition coefficient (Wildman–Crippen LogP) is 1.14. The molecule has 0 spiro atoms. The second-order valence-electron chi connectivity index (χ2n) is 3.02. The van der Waals surface area contributed by atoms with Crippen molar-refractivity contribution in [1.29, 1.82) is 0 Å². The summed E-state index contributed by atoms with van der Waals surface area (Å²) in [5.41, 5.74) is 7.49. The van der Waals surface area contributed by atoms with Crippen molar-refractivity contribution in [3.63, 3.8) is 0 Å². The lowest BCUT2D eigenvalue weighted by Crippen LogP contribution is -2.38. The molecule has 0 unspecified atom stereocenters. The summed E-state index contributed by atoms with van der Waals surface area (Å²) in [5, 5.41) is 2.66. The molecular weight excluding hydrogens is 208 g/mol. The predicted molar refractivity (Wildman–Crippen MR) is 52.6 cm³/mol. The summed E-state index contributed by atoms with van der Waals surface area (Å²) in [6.07, 6.45) is 0. The van der Waals surface area contributed by atoms with Crippen LogP contribution in [0.15, 0.2) is 5.51 Å². The zero-order valence-electron chi connectivity index (χ0n) is 7.89. The summed E-state index contributed by atoms with van der Waals surface area (Å²) >= 11 is 1.46. The Labute approximate surface area is 85.3 Å². The van der Waals surface area contributed by atoms with Gasteiger partial charge in [0.15, 0.2) is 0 Å². The van der Waals surface area contributed by atoms with E-state index in [0.717, 1.165) is 10.6 Å². The second kappa shape index (κ2) is 4.77. The molecule has 1 aromatic heterocycles. The van der Waals surface area contributed by atoms with Gasteiger partial charge in [0.1, 0.15) is 0 Å². The number of aryl methyl sites for hydroxylation is 1. The van der Waals surface area contributed by atoms with Crippen LogP contribution in [0, 0.1) is 6.92 Å². The van der Waals surface area contributed by atoms with Crippen LogP contribution in [0.25, 0.3) is 0 Å². The van der Waals surface area contributed by atoms with Gasteiger partial charge in [0, 0.05) is 11.4 Å². The first kappa shape index (κ1) is 11.5. The molecule has 0 saturated heterocycles. The van der Waals surface area contributed by atoms with Crippen LogP contribution in [0.2, 0.25) is 0 Å². The molecule has 0 aliphatic heterocycles. The molecule has 0 radical (unpaired) electrons. The third kappa shape index (κ3) is 3.28. The number of aromatic nitrogens is 1. The highest BCUT2D eigenvalue weighted by Gasteiger charge is 2.25. The smallest absolute Gasteiger partial charge is 0.272 e. The van der Waals surface area contributed by atoms with Gasteiger partial charge in [0.05, 0.1) is 24.3 Å². The van der Waals surface area contributed by atoms with Crippen molar-refractivity contribution in [2.75, 3.05) is 13.1 Å². The van der Waals surface area contributed by atoms with Crippen molar-refractivity contribution in [3.05, 3.63) is 16.1 Å². The SMILES string of the molecule is Cc1ncsc1CNCC(F)(F)CN. The van der Waals surface area contributed by atoms with Crippen molar-refractivity contribution in [2.45, 2.75) is 19.4 Å². The van der Waals surface area contributed by atoms with Crippen molar-refractivity contribution >= 4 is 11.3 Å². The molecule has 1 rings (SSSR count). The van der Waals surface area contributed by atoms with E-state index < -0.39 is 12.5 Å². The average Bonchev–Trinajstić information content (AvgIpc) is 2.52. The molecule has 6 heteroatoms. The van der Waals surface area contributed by atoms with E-state index >= 15 is 0 Å². The maximum Gasteiger partial charge on any atom is 0.272 e. The first-order valence-electron chi connectivity index (χ1n) is 4.23. The standard InChI is InChI=1S/C8H13F2N3S/c1-6-7(14-5-13-6)2-12-4-8(9,10)3-11/h5,12H,2-4,11H2,1H3. The van der Waals surface area contributed by atoms with Gasteiger partial charge in [-0.15, -0.1) is 11.3 Å². The lowest BCUT2D eigenvalue weighted by molar-refractivity contribution is 0.0116. The third-order valence-electron chi connectivity index (χ3n) is 1.81. The minimum Gasteiger partial charge on any atom is -0.325 e. The number of hydrogen-bond acceptors (Lipinski definition) is 4. The van der Waals surface area contributed by atoms with E-state index in [9.17, 15) is 8.78 Å². The second-order valence-corrected chi connectivity index (χ2v) is 3.96. The van der Waals surface area contributed by atoms with E-state index in [-0.39, 0.29) is 6.54 Å². The molecule has 0 fully saturated rings. The zero-order chi connectivity index (χ0) is 10.6. The number of alkyl halides is 2. The van der Waals surface area contributed by atoms with Gasteiger partial charge in [-0.05, 0) is 6.92 Å². The molecule has 0 bridgehead atoms. The number of halogens is 2. The highest BCUT2D eigenvalue weighted by Crippen LogP contribution is 2.13. The van der Waals surface area contributed by atoms with E-state index in [1.807, 2.05) is 6.92 Å². The fourth-order valence-corrected chi connectivity index (χ4v) is 1.67.